The molecular weight excluding hydrogens is 262 g/mol. The second-order valence-corrected chi connectivity index (χ2v) is 4.11. The van der Waals surface area contributed by atoms with Gasteiger partial charge in [0.1, 0.15) is 5.84 Å². The Balaban J connectivity index is 2.91. The summed E-state index contributed by atoms with van der Waals surface area (Å²) in [5.41, 5.74) is 5.78. The molecule has 1 amide bonds. The molecule has 1 rings (SSSR count). The van der Waals surface area contributed by atoms with Crippen LogP contribution in [0.1, 0.15) is 16.8 Å². The molecule has 1 aromatic carbocycles. The Morgan fingerprint density at radius 3 is 2.65 bits per heavy atom. The first kappa shape index (κ1) is 15.6. The van der Waals surface area contributed by atoms with Crippen molar-refractivity contribution >= 4 is 11.7 Å². The summed E-state index contributed by atoms with van der Waals surface area (Å²) in [4.78, 5) is 13.8. The number of nitrogens with two attached hydrogens (primary N) is 1. The third kappa shape index (κ3) is 3.53. The Labute approximate surface area is 117 Å². The van der Waals surface area contributed by atoms with Crippen LogP contribution in [0.2, 0.25) is 0 Å². The predicted octanol–water partition coefficient (Wildman–Crippen LogP) is 0.912. The van der Waals surface area contributed by atoms with Gasteiger partial charge in [-0.15, -0.1) is 0 Å². The fraction of sp³-hybridized carbons (Fsp3) is 0.385. The number of ether oxygens (including phenoxy) is 2. The lowest BCUT2D eigenvalue weighted by molar-refractivity contribution is 0.0794. The molecule has 0 aliphatic heterocycles. The van der Waals surface area contributed by atoms with Gasteiger partial charge in [-0.05, 0) is 12.1 Å². The topological polar surface area (TPSA) is 97.4 Å². The number of benzene rings is 1. The molecule has 0 unspecified atom stereocenters. The summed E-state index contributed by atoms with van der Waals surface area (Å²) < 4.78 is 10.4. The summed E-state index contributed by atoms with van der Waals surface area (Å²) in [5.74, 6) is 0.715. The molecule has 0 spiro atoms. The number of amides is 1. The van der Waals surface area contributed by atoms with Crippen molar-refractivity contribution in [3.8, 4) is 11.5 Å². The molecular formula is C13H19N3O4. The minimum Gasteiger partial charge on any atom is -0.493 e. The van der Waals surface area contributed by atoms with E-state index in [1.165, 1.54) is 19.1 Å². The molecule has 0 bridgehead atoms. The van der Waals surface area contributed by atoms with Crippen LogP contribution in [0.15, 0.2) is 23.4 Å². The van der Waals surface area contributed by atoms with Gasteiger partial charge in [0.15, 0.2) is 11.5 Å². The van der Waals surface area contributed by atoms with E-state index < -0.39 is 0 Å². The smallest absolute Gasteiger partial charge is 0.257 e. The third-order valence-electron chi connectivity index (χ3n) is 2.81. The summed E-state index contributed by atoms with van der Waals surface area (Å²) >= 11 is 0. The highest BCUT2D eigenvalue weighted by molar-refractivity contribution is 5.98. The van der Waals surface area contributed by atoms with Gasteiger partial charge in [-0.25, -0.2) is 0 Å². The van der Waals surface area contributed by atoms with Crippen LogP contribution in [0.3, 0.4) is 0 Å². The Morgan fingerprint density at radius 2 is 2.10 bits per heavy atom. The number of methoxy groups -OCH3 is 2. The second-order valence-electron chi connectivity index (χ2n) is 4.11. The number of amidine groups is 1. The molecule has 110 valence electrons. The highest BCUT2D eigenvalue weighted by Gasteiger charge is 2.19. The van der Waals surface area contributed by atoms with Crippen LogP contribution in [0.4, 0.5) is 0 Å². The maximum atomic E-state index is 12.3. The summed E-state index contributed by atoms with van der Waals surface area (Å²) in [6.07, 6.45) is 0.283. The molecule has 1 aromatic rings. The number of rotatable bonds is 6. The Morgan fingerprint density at radius 1 is 1.40 bits per heavy atom. The Kier molecular flexibility index (Phi) is 5.64. The molecule has 0 aliphatic rings. The first-order valence-electron chi connectivity index (χ1n) is 5.98. The van der Waals surface area contributed by atoms with Crippen molar-refractivity contribution in [2.75, 3.05) is 27.8 Å². The summed E-state index contributed by atoms with van der Waals surface area (Å²) in [6, 6.07) is 5.08. The average molecular weight is 281 g/mol. The number of carbonyl (C=O) groups is 1. The summed E-state index contributed by atoms with van der Waals surface area (Å²) in [6.45, 7) is 0.328. The molecule has 0 saturated heterocycles. The lowest BCUT2D eigenvalue weighted by atomic mass is 10.1. The lowest BCUT2D eigenvalue weighted by Crippen LogP contribution is -2.30. The Bertz CT molecular complexity index is 502. The molecule has 7 nitrogen and oxygen atoms in total. The van der Waals surface area contributed by atoms with Crippen molar-refractivity contribution < 1.29 is 19.5 Å². The van der Waals surface area contributed by atoms with Crippen molar-refractivity contribution in [2.45, 2.75) is 6.42 Å². The average Bonchev–Trinajstić information content (AvgIpc) is 2.50. The zero-order chi connectivity index (χ0) is 15.1. The fourth-order valence-corrected chi connectivity index (χ4v) is 1.69. The quantitative estimate of drug-likeness (QED) is 0.349. The van der Waals surface area contributed by atoms with Crippen molar-refractivity contribution in [3.05, 3.63) is 23.8 Å². The van der Waals surface area contributed by atoms with Gasteiger partial charge in [-0.3, -0.25) is 4.79 Å². The van der Waals surface area contributed by atoms with Crippen LogP contribution in [-0.4, -0.2) is 49.7 Å². The van der Waals surface area contributed by atoms with Gasteiger partial charge in [0.2, 0.25) is 0 Å². The van der Waals surface area contributed by atoms with Crippen molar-refractivity contribution in [1.82, 2.24) is 4.90 Å². The maximum absolute atomic E-state index is 12.3. The SMILES string of the molecule is COc1cccc(C(=O)N(C)CC/C(N)=N/O)c1OC. The van der Waals surface area contributed by atoms with Crippen molar-refractivity contribution in [1.29, 1.82) is 0 Å². The van der Waals surface area contributed by atoms with E-state index in [9.17, 15) is 4.79 Å². The van der Waals surface area contributed by atoms with Gasteiger partial charge in [-0.1, -0.05) is 11.2 Å². The van der Waals surface area contributed by atoms with Crippen LogP contribution in [0.25, 0.3) is 0 Å². The van der Waals surface area contributed by atoms with Crippen molar-refractivity contribution in [2.24, 2.45) is 10.9 Å². The van der Waals surface area contributed by atoms with E-state index in [0.717, 1.165) is 0 Å². The standard InChI is InChI=1S/C13H19N3O4/c1-16(8-7-11(14)15-18)13(17)9-5-4-6-10(19-2)12(9)20-3/h4-6,18H,7-8H2,1-3H3,(H2,14,15). The zero-order valence-electron chi connectivity index (χ0n) is 11.8. The first-order valence-corrected chi connectivity index (χ1v) is 5.98. The zero-order valence-corrected chi connectivity index (χ0v) is 11.8. The van der Waals surface area contributed by atoms with Crippen LogP contribution in [0.5, 0.6) is 11.5 Å². The van der Waals surface area contributed by atoms with E-state index in [2.05, 4.69) is 5.16 Å². The number of carbonyl (C=O) groups excluding carboxylic acids is 1. The van der Waals surface area contributed by atoms with Crippen LogP contribution < -0.4 is 15.2 Å². The molecule has 0 aliphatic carbocycles. The second kappa shape index (κ2) is 7.22. The highest BCUT2D eigenvalue weighted by Crippen LogP contribution is 2.31. The van der Waals surface area contributed by atoms with Crippen LogP contribution >= 0.6 is 0 Å². The molecule has 7 heteroatoms. The van der Waals surface area contributed by atoms with E-state index in [0.29, 0.717) is 23.6 Å². The molecule has 0 radical (unpaired) electrons. The normalized spacial score (nSPS) is 11.1. The molecule has 0 aromatic heterocycles. The predicted molar refractivity (Wildman–Crippen MR) is 74.5 cm³/mol. The highest BCUT2D eigenvalue weighted by atomic mass is 16.5. The Hall–Kier alpha value is -2.44. The van der Waals surface area contributed by atoms with E-state index in [1.54, 1.807) is 25.2 Å². The van der Waals surface area contributed by atoms with Gasteiger partial charge < -0.3 is 25.3 Å². The van der Waals surface area contributed by atoms with E-state index >= 15 is 0 Å². The number of hydrogen-bond donors (Lipinski definition) is 2. The molecule has 3 N–H and O–H groups in total. The molecule has 20 heavy (non-hydrogen) atoms. The van der Waals surface area contributed by atoms with Crippen LogP contribution in [-0.2, 0) is 0 Å². The van der Waals surface area contributed by atoms with Gasteiger partial charge in [0.05, 0.1) is 19.8 Å². The van der Waals surface area contributed by atoms with Crippen LogP contribution in [0, 0.1) is 0 Å². The van der Waals surface area contributed by atoms with E-state index in [1.807, 2.05) is 0 Å². The molecule has 0 heterocycles. The monoisotopic (exact) mass is 281 g/mol. The van der Waals surface area contributed by atoms with Gasteiger partial charge in [0.25, 0.3) is 5.91 Å². The minimum absolute atomic E-state index is 0.0715. The maximum Gasteiger partial charge on any atom is 0.257 e. The fourth-order valence-electron chi connectivity index (χ4n) is 1.69. The lowest BCUT2D eigenvalue weighted by Gasteiger charge is -2.19. The number of para-hydroxylation sites is 1. The third-order valence-corrected chi connectivity index (χ3v) is 2.81. The summed E-state index contributed by atoms with van der Waals surface area (Å²) in [7, 11) is 4.62. The molecule has 0 fully saturated rings. The minimum atomic E-state index is -0.230. The number of hydrogen-bond acceptors (Lipinski definition) is 5. The van der Waals surface area contributed by atoms with E-state index in [-0.39, 0.29) is 18.2 Å². The molecule has 0 saturated carbocycles. The van der Waals surface area contributed by atoms with Gasteiger partial charge in [0, 0.05) is 20.0 Å². The number of nitrogens with zero attached hydrogens (tertiary/aromatic N) is 2. The molecule has 0 atom stereocenters. The van der Waals surface area contributed by atoms with Gasteiger partial charge >= 0.3 is 0 Å². The van der Waals surface area contributed by atoms with Gasteiger partial charge in [-0.2, -0.15) is 0 Å². The van der Waals surface area contributed by atoms with Crippen molar-refractivity contribution in [3.63, 3.8) is 0 Å². The largest absolute Gasteiger partial charge is 0.493 e. The first-order chi connectivity index (χ1) is 9.54. The summed E-state index contributed by atoms with van der Waals surface area (Å²) in [5, 5.41) is 11.3. The number of oxime groups is 1. The van der Waals surface area contributed by atoms with E-state index in [4.69, 9.17) is 20.4 Å².